The maximum atomic E-state index is 12.7. The molecule has 0 saturated carbocycles. The summed E-state index contributed by atoms with van der Waals surface area (Å²) < 4.78 is 18.1. The molecule has 0 aliphatic carbocycles. The number of carboxylic acids is 1. The van der Waals surface area contributed by atoms with Crippen molar-refractivity contribution < 1.29 is 19.0 Å². The van der Waals surface area contributed by atoms with Gasteiger partial charge in [-0.1, -0.05) is 30.3 Å². The van der Waals surface area contributed by atoms with Crippen molar-refractivity contribution in [2.24, 2.45) is 0 Å². The van der Waals surface area contributed by atoms with E-state index in [4.69, 9.17) is 9.84 Å². The first-order valence-corrected chi connectivity index (χ1v) is 5.37. The highest BCUT2D eigenvalue weighted by Gasteiger charge is 2.21. The molecule has 1 atom stereocenters. The van der Waals surface area contributed by atoms with Gasteiger partial charge in [0.05, 0.1) is 0 Å². The molecule has 0 amide bonds. The van der Waals surface area contributed by atoms with Gasteiger partial charge in [-0.15, -0.1) is 0 Å². The molecule has 0 saturated heterocycles. The van der Waals surface area contributed by atoms with Gasteiger partial charge < -0.3 is 9.84 Å². The first-order valence-electron chi connectivity index (χ1n) is 5.37. The summed E-state index contributed by atoms with van der Waals surface area (Å²) in [6, 6.07) is 13.8. The molecular formula is C14H11FO3. The van der Waals surface area contributed by atoms with Gasteiger partial charge in [0.1, 0.15) is 11.6 Å². The van der Waals surface area contributed by atoms with Crippen molar-refractivity contribution >= 4 is 5.97 Å². The summed E-state index contributed by atoms with van der Waals surface area (Å²) in [5.74, 6) is -1.17. The fraction of sp³-hybridized carbons (Fsp3) is 0.0714. The number of halogens is 1. The fourth-order valence-corrected chi connectivity index (χ4v) is 1.54. The van der Waals surface area contributed by atoms with E-state index >= 15 is 0 Å². The number of carboxylic acid groups (broad SMARTS) is 1. The molecule has 2 rings (SSSR count). The summed E-state index contributed by atoms with van der Waals surface area (Å²) in [5, 5.41) is 9.14. The average molecular weight is 246 g/mol. The molecule has 92 valence electrons. The van der Waals surface area contributed by atoms with Gasteiger partial charge in [-0.05, 0) is 24.3 Å². The largest absolute Gasteiger partial charge is 0.478 e. The Labute approximate surface area is 103 Å². The second-order valence-electron chi connectivity index (χ2n) is 3.70. The van der Waals surface area contributed by atoms with E-state index in [0.717, 1.165) is 0 Å². The summed E-state index contributed by atoms with van der Waals surface area (Å²) in [6.45, 7) is 0. The normalized spacial score (nSPS) is 11.8. The monoisotopic (exact) mass is 246 g/mol. The van der Waals surface area contributed by atoms with Crippen molar-refractivity contribution in [3.05, 3.63) is 66.0 Å². The molecule has 0 spiro atoms. The first kappa shape index (κ1) is 12.1. The first-order chi connectivity index (χ1) is 8.66. The van der Waals surface area contributed by atoms with E-state index < -0.39 is 17.9 Å². The summed E-state index contributed by atoms with van der Waals surface area (Å²) >= 11 is 0. The third-order valence-electron chi connectivity index (χ3n) is 2.39. The number of hydrogen-bond acceptors (Lipinski definition) is 2. The lowest BCUT2D eigenvalue weighted by molar-refractivity contribution is -0.145. The zero-order valence-corrected chi connectivity index (χ0v) is 9.42. The smallest absolute Gasteiger partial charge is 0.349 e. The van der Waals surface area contributed by atoms with Crippen molar-refractivity contribution in [3.8, 4) is 5.75 Å². The van der Waals surface area contributed by atoms with Gasteiger partial charge in [-0.25, -0.2) is 9.18 Å². The highest BCUT2D eigenvalue weighted by Crippen LogP contribution is 2.22. The molecule has 0 unspecified atom stereocenters. The molecule has 0 heterocycles. The van der Waals surface area contributed by atoms with Crippen LogP contribution in [0.5, 0.6) is 5.75 Å². The van der Waals surface area contributed by atoms with Crippen LogP contribution in [0.25, 0.3) is 0 Å². The Hall–Kier alpha value is -2.36. The lowest BCUT2D eigenvalue weighted by atomic mass is 10.1. The minimum absolute atomic E-state index is 0.313. The Balaban J connectivity index is 2.22. The molecule has 0 aromatic heterocycles. The summed E-state index contributed by atoms with van der Waals surface area (Å²) in [6.07, 6.45) is -1.10. The SMILES string of the molecule is O=C(O)[C@H](Oc1ccc(F)cc1)c1ccccc1. The molecule has 2 aromatic rings. The lowest BCUT2D eigenvalue weighted by Gasteiger charge is -2.15. The number of hydrogen-bond donors (Lipinski definition) is 1. The van der Waals surface area contributed by atoms with Crippen LogP contribution in [0.2, 0.25) is 0 Å². The van der Waals surface area contributed by atoms with E-state index in [0.29, 0.717) is 11.3 Å². The van der Waals surface area contributed by atoms with Crippen molar-refractivity contribution in [1.82, 2.24) is 0 Å². The molecule has 0 fully saturated rings. The standard InChI is InChI=1S/C14H11FO3/c15-11-6-8-12(9-7-11)18-13(14(16)17)10-4-2-1-3-5-10/h1-9,13H,(H,16,17)/t13-/m1/s1. The number of benzene rings is 2. The average Bonchev–Trinajstić information content (AvgIpc) is 2.38. The van der Waals surface area contributed by atoms with Crippen LogP contribution in [0.3, 0.4) is 0 Å². The Morgan fingerprint density at radius 2 is 1.67 bits per heavy atom. The molecule has 0 aliphatic rings. The minimum atomic E-state index is -1.10. The van der Waals surface area contributed by atoms with E-state index in [1.165, 1.54) is 24.3 Å². The van der Waals surface area contributed by atoms with Gasteiger partial charge in [-0.2, -0.15) is 0 Å². The molecule has 4 heteroatoms. The van der Waals surface area contributed by atoms with Crippen LogP contribution in [-0.2, 0) is 4.79 Å². The van der Waals surface area contributed by atoms with Crippen LogP contribution in [0.4, 0.5) is 4.39 Å². The van der Waals surface area contributed by atoms with E-state index in [2.05, 4.69) is 0 Å². The van der Waals surface area contributed by atoms with E-state index in [-0.39, 0.29) is 0 Å². The minimum Gasteiger partial charge on any atom is -0.478 e. The summed E-state index contributed by atoms with van der Waals surface area (Å²) in [7, 11) is 0. The third-order valence-corrected chi connectivity index (χ3v) is 2.39. The topological polar surface area (TPSA) is 46.5 Å². The van der Waals surface area contributed by atoms with Gasteiger partial charge in [0, 0.05) is 5.56 Å². The fourth-order valence-electron chi connectivity index (χ4n) is 1.54. The zero-order chi connectivity index (χ0) is 13.0. The highest BCUT2D eigenvalue weighted by atomic mass is 19.1. The van der Waals surface area contributed by atoms with Gasteiger partial charge in [0.15, 0.2) is 0 Å². The van der Waals surface area contributed by atoms with Crippen LogP contribution in [-0.4, -0.2) is 11.1 Å². The van der Waals surface area contributed by atoms with E-state index in [1.54, 1.807) is 30.3 Å². The second kappa shape index (κ2) is 5.31. The summed E-state index contributed by atoms with van der Waals surface area (Å²) in [4.78, 5) is 11.2. The Bertz CT molecular complexity index is 522. The van der Waals surface area contributed by atoms with Gasteiger partial charge in [-0.3, -0.25) is 0 Å². The van der Waals surface area contributed by atoms with Crippen molar-refractivity contribution in [2.45, 2.75) is 6.10 Å². The molecule has 3 nitrogen and oxygen atoms in total. The van der Waals surface area contributed by atoms with Gasteiger partial charge >= 0.3 is 5.97 Å². The highest BCUT2D eigenvalue weighted by molar-refractivity contribution is 5.74. The molecule has 18 heavy (non-hydrogen) atoms. The maximum Gasteiger partial charge on any atom is 0.349 e. The number of rotatable bonds is 4. The van der Waals surface area contributed by atoms with Crippen LogP contribution in [0.15, 0.2) is 54.6 Å². The zero-order valence-electron chi connectivity index (χ0n) is 9.42. The Morgan fingerprint density at radius 3 is 2.22 bits per heavy atom. The van der Waals surface area contributed by atoms with Crippen LogP contribution in [0, 0.1) is 5.82 Å². The second-order valence-corrected chi connectivity index (χ2v) is 3.70. The molecule has 2 aromatic carbocycles. The van der Waals surface area contributed by atoms with Crippen LogP contribution in [0.1, 0.15) is 11.7 Å². The number of ether oxygens (including phenoxy) is 1. The lowest BCUT2D eigenvalue weighted by Crippen LogP contribution is -2.18. The van der Waals surface area contributed by atoms with E-state index in [1.807, 2.05) is 0 Å². The van der Waals surface area contributed by atoms with Crippen molar-refractivity contribution in [1.29, 1.82) is 0 Å². The van der Waals surface area contributed by atoms with Crippen LogP contribution < -0.4 is 4.74 Å². The maximum absolute atomic E-state index is 12.7. The van der Waals surface area contributed by atoms with Gasteiger partial charge in [0.2, 0.25) is 6.10 Å². The summed E-state index contributed by atoms with van der Waals surface area (Å²) in [5.41, 5.74) is 0.536. The molecular weight excluding hydrogens is 235 g/mol. The van der Waals surface area contributed by atoms with E-state index in [9.17, 15) is 9.18 Å². The predicted molar refractivity (Wildman–Crippen MR) is 63.8 cm³/mol. The number of aliphatic carboxylic acids is 1. The molecule has 0 radical (unpaired) electrons. The molecule has 0 bridgehead atoms. The Kier molecular flexibility index (Phi) is 3.57. The molecule has 1 N–H and O–H groups in total. The molecule has 0 aliphatic heterocycles. The third kappa shape index (κ3) is 2.85. The van der Waals surface area contributed by atoms with Crippen LogP contribution >= 0.6 is 0 Å². The number of carbonyl (C=O) groups is 1. The quantitative estimate of drug-likeness (QED) is 0.901. The van der Waals surface area contributed by atoms with Crippen molar-refractivity contribution in [3.63, 3.8) is 0 Å². The van der Waals surface area contributed by atoms with Gasteiger partial charge in [0.25, 0.3) is 0 Å². The predicted octanol–water partition coefficient (Wildman–Crippen LogP) is 3.03. The van der Waals surface area contributed by atoms with Crippen molar-refractivity contribution in [2.75, 3.05) is 0 Å². The Morgan fingerprint density at radius 1 is 1.06 bits per heavy atom.